The van der Waals surface area contributed by atoms with Crippen molar-refractivity contribution in [2.24, 2.45) is 5.73 Å². The van der Waals surface area contributed by atoms with Gasteiger partial charge in [0.25, 0.3) is 0 Å². The van der Waals surface area contributed by atoms with Crippen LogP contribution in [0.5, 0.6) is 0 Å². The molecule has 0 aliphatic carbocycles. The third-order valence-corrected chi connectivity index (χ3v) is 2.85. The summed E-state index contributed by atoms with van der Waals surface area (Å²) in [5.41, 5.74) is 8.01. The first-order valence-electron chi connectivity index (χ1n) is 5.50. The average molecular weight is 243 g/mol. The molecule has 0 radical (unpaired) electrons. The SMILES string of the molecule is COC(=O)[C@@H](N)Cc1c[nH]c2cccc(C#N)c12. The zero-order valence-corrected chi connectivity index (χ0v) is 9.93. The molecule has 1 aromatic carbocycles. The number of rotatable bonds is 3. The van der Waals surface area contributed by atoms with Crippen molar-refractivity contribution in [3.05, 3.63) is 35.5 Å². The molecule has 1 atom stereocenters. The Hall–Kier alpha value is -2.32. The maximum absolute atomic E-state index is 11.3. The van der Waals surface area contributed by atoms with E-state index in [0.717, 1.165) is 16.5 Å². The number of ether oxygens (including phenoxy) is 1. The normalized spacial score (nSPS) is 12.1. The molecule has 0 spiro atoms. The Labute approximate surface area is 104 Å². The van der Waals surface area contributed by atoms with Crippen molar-refractivity contribution < 1.29 is 9.53 Å². The zero-order chi connectivity index (χ0) is 13.1. The number of benzene rings is 1. The number of H-pyrrole nitrogens is 1. The Morgan fingerprint density at radius 2 is 2.39 bits per heavy atom. The van der Waals surface area contributed by atoms with Crippen LogP contribution in [0.1, 0.15) is 11.1 Å². The molecule has 3 N–H and O–H groups in total. The van der Waals surface area contributed by atoms with E-state index in [-0.39, 0.29) is 0 Å². The van der Waals surface area contributed by atoms with Crippen molar-refractivity contribution in [3.8, 4) is 6.07 Å². The van der Waals surface area contributed by atoms with Gasteiger partial charge >= 0.3 is 5.97 Å². The van der Waals surface area contributed by atoms with E-state index in [1.807, 2.05) is 6.07 Å². The first kappa shape index (κ1) is 12.1. The topological polar surface area (TPSA) is 91.9 Å². The van der Waals surface area contributed by atoms with Gasteiger partial charge in [-0.3, -0.25) is 4.79 Å². The molecular formula is C13H13N3O2. The summed E-state index contributed by atoms with van der Waals surface area (Å²) in [6.45, 7) is 0. The molecule has 1 heterocycles. The van der Waals surface area contributed by atoms with E-state index in [0.29, 0.717) is 12.0 Å². The fourth-order valence-electron chi connectivity index (χ4n) is 1.98. The number of nitrogens with one attached hydrogen (secondary N) is 1. The molecule has 5 heteroatoms. The van der Waals surface area contributed by atoms with Gasteiger partial charge in [0, 0.05) is 23.5 Å². The van der Waals surface area contributed by atoms with E-state index in [9.17, 15) is 4.79 Å². The minimum Gasteiger partial charge on any atom is -0.468 e. The summed E-state index contributed by atoms with van der Waals surface area (Å²) >= 11 is 0. The number of carbonyl (C=O) groups is 1. The second kappa shape index (κ2) is 4.90. The Morgan fingerprint density at radius 3 is 3.06 bits per heavy atom. The molecule has 0 fully saturated rings. The monoisotopic (exact) mass is 243 g/mol. The maximum Gasteiger partial charge on any atom is 0.322 e. The molecule has 0 saturated heterocycles. The van der Waals surface area contributed by atoms with E-state index in [1.54, 1.807) is 18.3 Å². The van der Waals surface area contributed by atoms with E-state index in [2.05, 4.69) is 15.8 Å². The summed E-state index contributed by atoms with van der Waals surface area (Å²) < 4.78 is 4.59. The molecule has 0 saturated carbocycles. The quantitative estimate of drug-likeness (QED) is 0.789. The Bertz CT molecular complexity index is 625. The number of esters is 1. The van der Waals surface area contributed by atoms with Gasteiger partial charge < -0.3 is 15.5 Å². The van der Waals surface area contributed by atoms with Gasteiger partial charge in [0.1, 0.15) is 6.04 Å². The van der Waals surface area contributed by atoms with Crippen molar-refractivity contribution in [3.63, 3.8) is 0 Å². The summed E-state index contributed by atoms with van der Waals surface area (Å²) in [6, 6.07) is 6.84. The molecule has 2 aromatic rings. The van der Waals surface area contributed by atoms with E-state index in [1.165, 1.54) is 7.11 Å². The lowest BCUT2D eigenvalue weighted by Crippen LogP contribution is -2.33. The summed E-state index contributed by atoms with van der Waals surface area (Å²) in [7, 11) is 1.30. The number of carbonyl (C=O) groups excluding carboxylic acids is 1. The van der Waals surface area contributed by atoms with Crippen LogP contribution in [0, 0.1) is 11.3 Å². The van der Waals surface area contributed by atoms with Gasteiger partial charge in [-0.25, -0.2) is 0 Å². The first-order valence-corrected chi connectivity index (χ1v) is 5.50. The van der Waals surface area contributed by atoms with Crippen LogP contribution in [0.4, 0.5) is 0 Å². The molecule has 0 unspecified atom stereocenters. The fourth-order valence-corrected chi connectivity index (χ4v) is 1.98. The molecule has 0 amide bonds. The molecule has 0 bridgehead atoms. The van der Waals surface area contributed by atoms with Gasteiger partial charge in [-0.2, -0.15) is 5.26 Å². The number of hydrogen-bond donors (Lipinski definition) is 2. The summed E-state index contributed by atoms with van der Waals surface area (Å²) in [6.07, 6.45) is 2.11. The van der Waals surface area contributed by atoms with Gasteiger partial charge in [-0.15, -0.1) is 0 Å². The zero-order valence-electron chi connectivity index (χ0n) is 9.93. The van der Waals surface area contributed by atoms with Gasteiger partial charge in [-0.1, -0.05) is 6.07 Å². The van der Waals surface area contributed by atoms with Crippen molar-refractivity contribution in [2.45, 2.75) is 12.5 Å². The second-order valence-corrected chi connectivity index (χ2v) is 3.99. The number of nitriles is 1. The smallest absolute Gasteiger partial charge is 0.322 e. The van der Waals surface area contributed by atoms with E-state index >= 15 is 0 Å². The molecule has 0 aliphatic heterocycles. The van der Waals surface area contributed by atoms with Crippen LogP contribution in [0.25, 0.3) is 10.9 Å². The summed E-state index contributed by atoms with van der Waals surface area (Å²) in [5, 5.41) is 9.90. The number of aromatic nitrogens is 1. The van der Waals surface area contributed by atoms with Crippen molar-refractivity contribution in [1.29, 1.82) is 5.26 Å². The van der Waals surface area contributed by atoms with Crippen LogP contribution in [0.3, 0.4) is 0 Å². The van der Waals surface area contributed by atoms with Crippen LogP contribution in [-0.2, 0) is 16.0 Å². The van der Waals surface area contributed by atoms with Gasteiger partial charge in [0.05, 0.1) is 18.7 Å². The largest absolute Gasteiger partial charge is 0.468 e. The lowest BCUT2D eigenvalue weighted by Gasteiger charge is -2.08. The molecule has 0 aliphatic rings. The predicted molar refractivity (Wildman–Crippen MR) is 66.7 cm³/mol. The number of nitrogens with zero attached hydrogens (tertiary/aromatic N) is 1. The summed E-state index contributed by atoms with van der Waals surface area (Å²) in [5.74, 6) is -0.459. The predicted octanol–water partition coefficient (Wildman–Crippen LogP) is 1.08. The van der Waals surface area contributed by atoms with E-state index < -0.39 is 12.0 Å². The number of nitrogens with two attached hydrogens (primary N) is 1. The van der Waals surface area contributed by atoms with Crippen LogP contribution >= 0.6 is 0 Å². The minimum absolute atomic E-state index is 0.339. The van der Waals surface area contributed by atoms with Crippen molar-refractivity contribution in [1.82, 2.24) is 4.98 Å². The highest BCUT2D eigenvalue weighted by atomic mass is 16.5. The molecule has 2 rings (SSSR count). The second-order valence-electron chi connectivity index (χ2n) is 3.99. The van der Waals surface area contributed by atoms with E-state index in [4.69, 9.17) is 11.0 Å². The molecule has 1 aromatic heterocycles. The maximum atomic E-state index is 11.3. The molecule has 18 heavy (non-hydrogen) atoms. The Morgan fingerprint density at radius 1 is 1.61 bits per heavy atom. The minimum atomic E-state index is -0.722. The highest BCUT2D eigenvalue weighted by Crippen LogP contribution is 2.23. The van der Waals surface area contributed by atoms with Gasteiger partial charge in [0.15, 0.2) is 0 Å². The first-order chi connectivity index (χ1) is 8.67. The number of methoxy groups -OCH3 is 1. The van der Waals surface area contributed by atoms with Crippen molar-refractivity contribution >= 4 is 16.9 Å². The summed E-state index contributed by atoms with van der Waals surface area (Å²) in [4.78, 5) is 14.4. The van der Waals surface area contributed by atoms with Crippen LogP contribution < -0.4 is 5.73 Å². The van der Waals surface area contributed by atoms with Crippen LogP contribution in [0.2, 0.25) is 0 Å². The lowest BCUT2D eigenvalue weighted by atomic mass is 10.0. The number of aromatic amines is 1. The van der Waals surface area contributed by atoms with Gasteiger partial charge in [0.2, 0.25) is 0 Å². The Kier molecular flexibility index (Phi) is 3.31. The van der Waals surface area contributed by atoms with Crippen LogP contribution in [-0.4, -0.2) is 24.1 Å². The third-order valence-electron chi connectivity index (χ3n) is 2.85. The average Bonchev–Trinajstić information content (AvgIpc) is 2.81. The van der Waals surface area contributed by atoms with Crippen molar-refractivity contribution in [2.75, 3.05) is 7.11 Å². The molecular weight excluding hydrogens is 230 g/mol. The van der Waals surface area contributed by atoms with Crippen LogP contribution in [0.15, 0.2) is 24.4 Å². The fraction of sp³-hybridized carbons (Fsp3) is 0.231. The molecule has 92 valence electrons. The van der Waals surface area contributed by atoms with Gasteiger partial charge in [-0.05, 0) is 17.7 Å². The Balaban J connectivity index is 2.41. The molecule has 5 nitrogen and oxygen atoms in total. The highest BCUT2D eigenvalue weighted by molar-refractivity contribution is 5.89. The lowest BCUT2D eigenvalue weighted by molar-refractivity contribution is -0.142. The number of fused-ring (bicyclic) bond motifs is 1. The standard InChI is InChI=1S/C13H13N3O2/c1-18-13(17)10(15)5-9-7-16-11-4-2-3-8(6-14)12(9)11/h2-4,7,10,16H,5,15H2,1H3/t10-/m0/s1. The third kappa shape index (κ3) is 2.06. The number of hydrogen-bond acceptors (Lipinski definition) is 4. The highest BCUT2D eigenvalue weighted by Gasteiger charge is 2.17.